The Morgan fingerprint density at radius 2 is 2.12 bits per heavy atom. The van der Waals surface area contributed by atoms with Gasteiger partial charge in [0.25, 0.3) is 0 Å². The summed E-state index contributed by atoms with van der Waals surface area (Å²) in [6.45, 7) is 2.30. The highest BCUT2D eigenvalue weighted by molar-refractivity contribution is 5.95. The molecule has 1 aromatic carbocycles. The molecule has 0 radical (unpaired) electrons. The Kier molecular flexibility index (Phi) is 4.12. The highest BCUT2D eigenvalue weighted by Crippen LogP contribution is 2.23. The van der Waals surface area contributed by atoms with Gasteiger partial charge in [-0.25, -0.2) is 9.67 Å². The molecule has 1 aliphatic rings. The van der Waals surface area contributed by atoms with Crippen LogP contribution in [0.1, 0.15) is 18.5 Å². The normalized spacial score (nSPS) is 17.1. The Balaban J connectivity index is 1.59. The average molecular weight is 349 g/mol. The van der Waals surface area contributed by atoms with Crippen molar-refractivity contribution in [3.8, 4) is 5.69 Å². The Bertz CT molecular complexity index is 970. The molecule has 26 heavy (non-hydrogen) atoms. The lowest BCUT2D eigenvalue weighted by atomic mass is 9.98. The first kappa shape index (κ1) is 16.3. The third-order valence-corrected chi connectivity index (χ3v) is 4.61. The smallest absolute Gasteiger partial charge is 0.229 e. The van der Waals surface area contributed by atoms with Crippen LogP contribution in [0.4, 0.5) is 5.69 Å². The van der Waals surface area contributed by atoms with Crippen molar-refractivity contribution in [2.24, 2.45) is 5.92 Å². The number of benzene rings is 1. The highest BCUT2D eigenvalue weighted by Gasteiger charge is 2.24. The number of hydrogen-bond donors (Lipinski definition) is 2. The number of rotatable bonds is 3. The molecule has 1 unspecified atom stereocenters. The van der Waals surface area contributed by atoms with Gasteiger partial charge in [0.1, 0.15) is 0 Å². The van der Waals surface area contributed by atoms with Crippen molar-refractivity contribution in [2.75, 3.05) is 11.9 Å². The Hall–Kier alpha value is -3.22. The zero-order valence-electron chi connectivity index (χ0n) is 14.4. The Morgan fingerprint density at radius 3 is 2.85 bits per heavy atom. The quantitative estimate of drug-likeness (QED) is 0.759. The second kappa shape index (κ2) is 6.59. The zero-order chi connectivity index (χ0) is 18.1. The summed E-state index contributed by atoms with van der Waals surface area (Å²) in [6, 6.07) is 11.7. The minimum absolute atomic E-state index is 0.00101. The number of amides is 2. The first-order valence-electron chi connectivity index (χ1n) is 8.60. The lowest BCUT2D eigenvalue weighted by molar-refractivity contribution is -0.126. The van der Waals surface area contributed by atoms with Crippen molar-refractivity contribution < 1.29 is 9.59 Å². The molecule has 1 fully saturated rings. The monoisotopic (exact) mass is 349 g/mol. The third-order valence-electron chi connectivity index (χ3n) is 4.61. The number of carbonyl (C=O) groups excluding carboxylic acids is 2. The summed E-state index contributed by atoms with van der Waals surface area (Å²) in [6.07, 6.45) is 2.60. The van der Waals surface area contributed by atoms with Crippen LogP contribution < -0.4 is 10.6 Å². The van der Waals surface area contributed by atoms with Gasteiger partial charge in [0.05, 0.1) is 29.2 Å². The maximum Gasteiger partial charge on any atom is 0.229 e. The van der Waals surface area contributed by atoms with Crippen LogP contribution >= 0.6 is 0 Å². The molecule has 2 N–H and O–H groups in total. The molecule has 4 rings (SSSR count). The number of anilines is 1. The van der Waals surface area contributed by atoms with E-state index in [2.05, 4.69) is 20.7 Å². The van der Waals surface area contributed by atoms with Gasteiger partial charge in [0, 0.05) is 18.4 Å². The fourth-order valence-corrected chi connectivity index (χ4v) is 3.16. The molecule has 3 heterocycles. The molecule has 3 aromatic rings. The predicted molar refractivity (Wildman–Crippen MR) is 98.0 cm³/mol. The van der Waals surface area contributed by atoms with E-state index in [1.54, 1.807) is 10.9 Å². The van der Waals surface area contributed by atoms with Crippen molar-refractivity contribution in [3.63, 3.8) is 0 Å². The number of aryl methyl sites for hydroxylation is 1. The SMILES string of the molecule is Cc1nn(-c2ccccc2)c2ncc(NC(=O)C3CCC(=O)NC3)cc12. The lowest BCUT2D eigenvalue weighted by Gasteiger charge is -2.21. The maximum absolute atomic E-state index is 12.4. The van der Waals surface area contributed by atoms with Crippen LogP contribution in [-0.2, 0) is 9.59 Å². The minimum atomic E-state index is -0.212. The molecule has 1 aliphatic heterocycles. The van der Waals surface area contributed by atoms with E-state index in [-0.39, 0.29) is 17.7 Å². The van der Waals surface area contributed by atoms with Crippen LogP contribution in [0.5, 0.6) is 0 Å². The summed E-state index contributed by atoms with van der Waals surface area (Å²) < 4.78 is 1.80. The third kappa shape index (κ3) is 3.03. The summed E-state index contributed by atoms with van der Waals surface area (Å²) in [7, 11) is 0. The van der Waals surface area contributed by atoms with Crippen LogP contribution in [0.3, 0.4) is 0 Å². The summed E-state index contributed by atoms with van der Waals surface area (Å²) >= 11 is 0. The van der Waals surface area contributed by atoms with Gasteiger partial charge in [-0.15, -0.1) is 0 Å². The van der Waals surface area contributed by atoms with E-state index in [4.69, 9.17) is 0 Å². The molecule has 1 atom stereocenters. The van der Waals surface area contributed by atoms with Gasteiger partial charge in [-0.3, -0.25) is 9.59 Å². The molecule has 0 spiro atoms. The lowest BCUT2D eigenvalue weighted by Crippen LogP contribution is -2.40. The van der Waals surface area contributed by atoms with E-state index >= 15 is 0 Å². The number of para-hydroxylation sites is 1. The van der Waals surface area contributed by atoms with Crippen LogP contribution in [-0.4, -0.2) is 33.1 Å². The van der Waals surface area contributed by atoms with Crippen LogP contribution in [0, 0.1) is 12.8 Å². The summed E-state index contributed by atoms with van der Waals surface area (Å²) in [5.74, 6) is -0.308. The van der Waals surface area contributed by atoms with Crippen molar-refractivity contribution in [2.45, 2.75) is 19.8 Å². The van der Waals surface area contributed by atoms with Crippen molar-refractivity contribution in [3.05, 3.63) is 48.3 Å². The first-order valence-corrected chi connectivity index (χ1v) is 8.60. The Morgan fingerprint density at radius 1 is 1.31 bits per heavy atom. The van der Waals surface area contributed by atoms with Crippen molar-refractivity contribution in [1.82, 2.24) is 20.1 Å². The van der Waals surface area contributed by atoms with E-state index in [0.717, 1.165) is 22.4 Å². The predicted octanol–water partition coefficient (Wildman–Crippen LogP) is 2.19. The highest BCUT2D eigenvalue weighted by atomic mass is 16.2. The molecule has 2 amide bonds. The number of aromatic nitrogens is 3. The molecular formula is C19H19N5O2. The fourth-order valence-electron chi connectivity index (χ4n) is 3.16. The van der Waals surface area contributed by atoms with Gasteiger partial charge in [0.2, 0.25) is 11.8 Å². The molecule has 0 bridgehead atoms. The summed E-state index contributed by atoms with van der Waals surface area (Å²) in [5.41, 5.74) is 3.16. The van der Waals surface area contributed by atoms with Gasteiger partial charge in [-0.05, 0) is 31.5 Å². The van der Waals surface area contributed by atoms with E-state index in [9.17, 15) is 9.59 Å². The number of piperidine rings is 1. The second-order valence-corrected chi connectivity index (χ2v) is 6.46. The zero-order valence-corrected chi connectivity index (χ0v) is 14.4. The van der Waals surface area contributed by atoms with E-state index in [1.807, 2.05) is 43.3 Å². The molecule has 132 valence electrons. The molecule has 0 saturated carbocycles. The number of fused-ring (bicyclic) bond motifs is 1. The van der Waals surface area contributed by atoms with E-state index < -0.39 is 0 Å². The number of carbonyl (C=O) groups is 2. The number of nitrogens with zero attached hydrogens (tertiary/aromatic N) is 3. The van der Waals surface area contributed by atoms with Crippen molar-refractivity contribution in [1.29, 1.82) is 0 Å². The van der Waals surface area contributed by atoms with Crippen LogP contribution in [0.15, 0.2) is 42.6 Å². The van der Waals surface area contributed by atoms with E-state index in [1.165, 1.54) is 0 Å². The van der Waals surface area contributed by atoms with Crippen LogP contribution in [0.25, 0.3) is 16.7 Å². The summed E-state index contributed by atoms with van der Waals surface area (Å²) in [4.78, 5) is 28.1. The molecular weight excluding hydrogens is 330 g/mol. The van der Waals surface area contributed by atoms with Crippen LogP contribution in [0.2, 0.25) is 0 Å². The largest absolute Gasteiger partial charge is 0.355 e. The average Bonchev–Trinajstić information content (AvgIpc) is 2.99. The van der Waals surface area contributed by atoms with Gasteiger partial charge in [0.15, 0.2) is 5.65 Å². The molecule has 2 aromatic heterocycles. The molecule has 7 heteroatoms. The van der Waals surface area contributed by atoms with Gasteiger partial charge in [-0.2, -0.15) is 5.10 Å². The van der Waals surface area contributed by atoms with E-state index in [0.29, 0.717) is 25.1 Å². The molecule has 7 nitrogen and oxygen atoms in total. The van der Waals surface area contributed by atoms with Crippen molar-refractivity contribution >= 4 is 28.5 Å². The second-order valence-electron chi connectivity index (χ2n) is 6.46. The van der Waals surface area contributed by atoms with Gasteiger partial charge < -0.3 is 10.6 Å². The summed E-state index contributed by atoms with van der Waals surface area (Å²) in [5, 5.41) is 11.1. The van der Waals surface area contributed by atoms with Gasteiger partial charge in [-0.1, -0.05) is 18.2 Å². The van der Waals surface area contributed by atoms with Gasteiger partial charge >= 0.3 is 0 Å². The number of hydrogen-bond acceptors (Lipinski definition) is 4. The first-order chi connectivity index (χ1) is 12.6. The number of pyridine rings is 1. The Labute approximate surface area is 150 Å². The maximum atomic E-state index is 12.4. The molecule has 0 aliphatic carbocycles. The standard InChI is InChI=1S/C19H19N5O2/c1-12-16-9-14(22-19(26)13-7-8-17(25)20-10-13)11-21-18(16)24(23-12)15-5-3-2-4-6-15/h2-6,9,11,13H,7-8,10H2,1H3,(H,20,25)(H,22,26). The molecule has 1 saturated heterocycles. The number of nitrogens with one attached hydrogen (secondary N) is 2. The topological polar surface area (TPSA) is 88.9 Å². The minimum Gasteiger partial charge on any atom is -0.355 e. The fraction of sp³-hybridized carbons (Fsp3) is 0.263.